The predicted molar refractivity (Wildman–Crippen MR) is 75.8 cm³/mol. The van der Waals surface area contributed by atoms with E-state index in [0.29, 0.717) is 17.9 Å². The first kappa shape index (κ1) is 13.1. The molecule has 2 aromatic rings. The summed E-state index contributed by atoms with van der Waals surface area (Å²) in [6, 6.07) is 13.5. The zero-order valence-electron chi connectivity index (χ0n) is 10.9. The first-order valence-corrected chi connectivity index (χ1v) is 6.18. The van der Waals surface area contributed by atoms with E-state index < -0.39 is 0 Å². The lowest BCUT2D eigenvalue weighted by Gasteiger charge is -2.17. The van der Waals surface area contributed by atoms with Crippen LogP contribution in [0.15, 0.2) is 48.7 Å². The van der Waals surface area contributed by atoms with Gasteiger partial charge < -0.3 is 10.6 Å². The number of nitrogens with two attached hydrogens (primary N) is 1. The van der Waals surface area contributed by atoms with Gasteiger partial charge in [0.05, 0.1) is 5.69 Å². The van der Waals surface area contributed by atoms with Crippen molar-refractivity contribution in [1.82, 2.24) is 9.88 Å². The monoisotopic (exact) mass is 255 g/mol. The number of amides is 1. The summed E-state index contributed by atoms with van der Waals surface area (Å²) in [5, 5.41) is 0. The summed E-state index contributed by atoms with van der Waals surface area (Å²) in [5.41, 5.74) is 7.69. The Morgan fingerprint density at radius 1 is 1.21 bits per heavy atom. The number of anilines is 1. The Labute approximate surface area is 112 Å². The summed E-state index contributed by atoms with van der Waals surface area (Å²) in [7, 11) is 1.76. The van der Waals surface area contributed by atoms with Gasteiger partial charge in [-0.1, -0.05) is 30.3 Å². The summed E-state index contributed by atoms with van der Waals surface area (Å²) in [6.45, 7) is 0.638. The molecule has 0 spiro atoms. The van der Waals surface area contributed by atoms with Crippen molar-refractivity contribution in [3.63, 3.8) is 0 Å². The fraction of sp³-hybridized carbons (Fsp3) is 0.200. The summed E-state index contributed by atoms with van der Waals surface area (Å²) >= 11 is 0. The molecular formula is C15H17N3O. The number of nitrogen functional groups attached to an aromatic ring is 1. The van der Waals surface area contributed by atoms with Crippen molar-refractivity contribution in [3.8, 4) is 0 Å². The minimum absolute atomic E-state index is 0.144. The van der Waals surface area contributed by atoms with Crippen molar-refractivity contribution < 1.29 is 4.79 Å². The molecule has 2 rings (SSSR count). The molecule has 0 atom stereocenters. The fourth-order valence-electron chi connectivity index (χ4n) is 1.82. The van der Waals surface area contributed by atoms with E-state index in [-0.39, 0.29) is 5.91 Å². The Bertz CT molecular complexity index is 554. The van der Waals surface area contributed by atoms with E-state index in [9.17, 15) is 4.79 Å². The number of pyridine rings is 1. The van der Waals surface area contributed by atoms with Gasteiger partial charge in [0.15, 0.2) is 5.69 Å². The Morgan fingerprint density at radius 2 is 1.95 bits per heavy atom. The highest BCUT2D eigenvalue weighted by Crippen LogP contribution is 2.10. The van der Waals surface area contributed by atoms with E-state index in [2.05, 4.69) is 4.98 Å². The molecule has 0 radical (unpaired) electrons. The molecule has 98 valence electrons. The Morgan fingerprint density at radius 3 is 2.63 bits per heavy atom. The number of benzene rings is 1. The molecule has 0 unspecified atom stereocenters. The van der Waals surface area contributed by atoms with E-state index in [1.54, 1.807) is 30.3 Å². The Balaban J connectivity index is 1.99. The third-order valence-electron chi connectivity index (χ3n) is 2.97. The van der Waals surface area contributed by atoms with Crippen LogP contribution in [0.4, 0.5) is 5.69 Å². The number of hydrogen-bond donors (Lipinski definition) is 1. The molecule has 4 heteroatoms. The van der Waals surface area contributed by atoms with Crippen LogP contribution in [-0.2, 0) is 6.42 Å². The lowest BCUT2D eigenvalue weighted by molar-refractivity contribution is 0.0792. The van der Waals surface area contributed by atoms with Gasteiger partial charge in [0.25, 0.3) is 5.91 Å². The summed E-state index contributed by atoms with van der Waals surface area (Å²) in [5.74, 6) is -0.144. The van der Waals surface area contributed by atoms with Gasteiger partial charge in [0.1, 0.15) is 0 Å². The first-order chi connectivity index (χ1) is 9.18. The second-order valence-electron chi connectivity index (χ2n) is 4.40. The standard InChI is InChI=1S/C15H17N3O/c1-18(11-9-12-6-3-2-4-7-12)15(19)14-13(16)8-5-10-17-14/h2-8,10H,9,11,16H2,1H3. The molecule has 0 aliphatic rings. The van der Waals surface area contributed by atoms with E-state index in [4.69, 9.17) is 5.73 Å². The molecule has 0 aliphatic carbocycles. The maximum atomic E-state index is 12.2. The maximum absolute atomic E-state index is 12.2. The van der Waals surface area contributed by atoms with E-state index >= 15 is 0 Å². The zero-order chi connectivity index (χ0) is 13.7. The van der Waals surface area contributed by atoms with E-state index in [1.807, 2.05) is 30.3 Å². The van der Waals surface area contributed by atoms with Gasteiger partial charge in [-0.3, -0.25) is 4.79 Å². The summed E-state index contributed by atoms with van der Waals surface area (Å²) in [4.78, 5) is 17.9. The van der Waals surface area contributed by atoms with Gasteiger partial charge in [-0.25, -0.2) is 4.98 Å². The Kier molecular flexibility index (Phi) is 4.13. The smallest absolute Gasteiger partial charge is 0.274 e. The Hall–Kier alpha value is -2.36. The minimum Gasteiger partial charge on any atom is -0.397 e. The van der Waals surface area contributed by atoms with Crippen LogP contribution in [0.5, 0.6) is 0 Å². The topological polar surface area (TPSA) is 59.2 Å². The van der Waals surface area contributed by atoms with Crippen LogP contribution < -0.4 is 5.73 Å². The van der Waals surface area contributed by atoms with Crippen LogP contribution in [0.3, 0.4) is 0 Å². The highest BCUT2D eigenvalue weighted by atomic mass is 16.2. The average Bonchev–Trinajstić information content (AvgIpc) is 2.45. The number of hydrogen-bond acceptors (Lipinski definition) is 3. The van der Waals surface area contributed by atoms with Gasteiger partial charge in [-0.05, 0) is 24.1 Å². The van der Waals surface area contributed by atoms with Gasteiger partial charge >= 0.3 is 0 Å². The average molecular weight is 255 g/mol. The lowest BCUT2D eigenvalue weighted by atomic mass is 10.1. The second-order valence-corrected chi connectivity index (χ2v) is 4.40. The van der Waals surface area contributed by atoms with E-state index in [0.717, 1.165) is 6.42 Å². The fourth-order valence-corrected chi connectivity index (χ4v) is 1.82. The highest BCUT2D eigenvalue weighted by molar-refractivity contribution is 5.96. The van der Waals surface area contributed by atoms with Crippen molar-refractivity contribution in [2.24, 2.45) is 0 Å². The zero-order valence-corrected chi connectivity index (χ0v) is 10.9. The molecule has 1 heterocycles. The van der Waals surface area contributed by atoms with Crippen molar-refractivity contribution in [1.29, 1.82) is 0 Å². The van der Waals surface area contributed by atoms with Gasteiger partial charge in [-0.15, -0.1) is 0 Å². The molecule has 0 saturated heterocycles. The van der Waals surface area contributed by atoms with Crippen LogP contribution in [0.2, 0.25) is 0 Å². The summed E-state index contributed by atoms with van der Waals surface area (Å²) in [6.07, 6.45) is 2.39. The SMILES string of the molecule is CN(CCc1ccccc1)C(=O)c1ncccc1N. The number of likely N-dealkylation sites (N-methyl/N-ethyl adjacent to an activating group) is 1. The molecule has 0 saturated carbocycles. The number of rotatable bonds is 4. The maximum Gasteiger partial charge on any atom is 0.274 e. The number of nitrogens with zero attached hydrogens (tertiary/aromatic N) is 2. The van der Waals surface area contributed by atoms with Crippen LogP contribution in [-0.4, -0.2) is 29.4 Å². The van der Waals surface area contributed by atoms with Crippen LogP contribution in [0.1, 0.15) is 16.1 Å². The third-order valence-corrected chi connectivity index (χ3v) is 2.97. The molecule has 1 aromatic heterocycles. The van der Waals surface area contributed by atoms with Gasteiger partial charge in [0.2, 0.25) is 0 Å². The van der Waals surface area contributed by atoms with Crippen molar-refractivity contribution in [2.75, 3.05) is 19.3 Å². The lowest BCUT2D eigenvalue weighted by Crippen LogP contribution is -2.30. The minimum atomic E-state index is -0.144. The molecule has 19 heavy (non-hydrogen) atoms. The van der Waals surface area contributed by atoms with Crippen molar-refractivity contribution >= 4 is 11.6 Å². The predicted octanol–water partition coefficient (Wildman–Crippen LogP) is 1.98. The molecule has 0 bridgehead atoms. The summed E-state index contributed by atoms with van der Waals surface area (Å²) < 4.78 is 0. The second kappa shape index (κ2) is 6.00. The number of aromatic nitrogens is 1. The van der Waals surface area contributed by atoms with E-state index in [1.165, 1.54) is 5.56 Å². The molecule has 1 aromatic carbocycles. The molecule has 2 N–H and O–H groups in total. The largest absolute Gasteiger partial charge is 0.397 e. The molecule has 4 nitrogen and oxygen atoms in total. The van der Waals surface area contributed by atoms with Crippen molar-refractivity contribution in [2.45, 2.75) is 6.42 Å². The number of carbonyl (C=O) groups excluding carboxylic acids is 1. The molecule has 0 fully saturated rings. The third kappa shape index (κ3) is 3.31. The van der Waals surface area contributed by atoms with Crippen molar-refractivity contribution in [3.05, 3.63) is 59.9 Å². The highest BCUT2D eigenvalue weighted by Gasteiger charge is 2.15. The van der Waals surface area contributed by atoms with Crippen LogP contribution >= 0.6 is 0 Å². The van der Waals surface area contributed by atoms with Crippen LogP contribution in [0, 0.1) is 0 Å². The van der Waals surface area contributed by atoms with Crippen LogP contribution in [0.25, 0.3) is 0 Å². The normalized spacial score (nSPS) is 10.2. The molecule has 1 amide bonds. The number of carbonyl (C=O) groups is 1. The van der Waals surface area contributed by atoms with Gasteiger partial charge in [-0.2, -0.15) is 0 Å². The molecular weight excluding hydrogens is 238 g/mol. The molecule has 0 aliphatic heterocycles. The quantitative estimate of drug-likeness (QED) is 0.908. The first-order valence-electron chi connectivity index (χ1n) is 6.18. The van der Waals surface area contributed by atoms with Gasteiger partial charge in [0, 0.05) is 19.8 Å².